The fraction of sp³-hybridized carbons (Fsp3) is 0.286. The van der Waals surface area contributed by atoms with E-state index >= 15 is 0 Å². The lowest BCUT2D eigenvalue weighted by atomic mass is 9.91. The molecule has 4 heteroatoms. The average molecular weight is 353 g/mol. The van der Waals surface area contributed by atoms with Crippen LogP contribution in [-0.4, -0.2) is 10.9 Å². The molecule has 0 saturated carbocycles. The topological polar surface area (TPSA) is 44.9 Å². The fourth-order valence-corrected chi connectivity index (χ4v) is 3.99. The van der Waals surface area contributed by atoms with E-state index in [2.05, 4.69) is 16.4 Å². The maximum absolute atomic E-state index is 12.8. The Kier molecular flexibility index (Phi) is 4.26. The van der Waals surface area contributed by atoms with Crippen molar-refractivity contribution < 1.29 is 4.79 Å². The number of aryl methyl sites for hydroxylation is 1. The minimum absolute atomic E-state index is 0.00647. The van der Waals surface area contributed by atoms with Crippen molar-refractivity contribution in [3.63, 3.8) is 0 Å². The maximum atomic E-state index is 12.8. The Morgan fingerprint density at radius 3 is 3.12 bits per heavy atom. The number of benzene rings is 1. The SMILES string of the molecule is CC1=CC=CCC=C1C(=O)NC1CCCc2c1[nH]c1ccc(Cl)cc21. The van der Waals surface area contributed by atoms with Crippen molar-refractivity contribution in [1.29, 1.82) is 0 Å². The lowest BCUT2D eigenvalue weighted by molar-refractivity contribution is -0.118. The smallest absolute Gasteiger partial charge is 0.251 e. The Labute approximate surface area is 152 Å². The normalized spacial score (nSPS) is 19.8. The van der Waals surface area contributed by atoms with Crippen molar-refractivity contribution in [3.05, 3.63) is 69.9 Å². The Bertz CT molecular complexity index is 933. The van der Waals surface area contributed by atoms with E-state index in [-0.39, 0.29) is 11.9 Å². The summed E-state index contributed by atoms with van der Waals surface area (Å²) in [4.78, 5) is 16.3. The predicted molar refractivity (Wildman–Crippen MR) is 103 cm³/mol. The Morgan fingerprint density at radius 1 is 1.36 bits per heavy atom. The first-order valence-corrected chi connectivity index (χ1v) is 9.16. The summed E-state index contributed by atoms with van der Waals surface area (Å²) in [5.41, 5.74) is 5.29. The highest BCUT2D eigenvalue weighted by atomic mass is 35.5. The largest absolute Gasteiger partial charge is 0.356 e. The molecule has 2 aliphatic carbocycles. The number of hydrogen-bond donors (Lipinski definition) is 2. The molecule has 0 spiro atoms. The number of carbonyl (C=O) groups is 1. The molecule has 0 fully saturated rings. The van der Waals surface area contributed by atoms with Gasteiger partial charge in [0.05, 0.1) is 6.04 Å². The summed E-state index contributed by atoms with van der Waals surface area (Å²) < 4.78 is 0. The number of nitrogens with one attached hydrogen (secondary N) is 2. The lowest BCUT2D eigenvalue weighted by Crippen LogP contribution is -2.32. The van der Waals surface area contributed by atoms with Crippen molar-refractivity contribution >= 4 is 28.4 Å². The molecule has 0 bridgehead atoms. The Morgan fingerprint density at radius 2 is 2.24 bits per heavy atom. The van der Waals surface area contributed by atoms with Gasteiger partial charge in [0.1, 0.15) is 0 Å². The van der Waals surface area contributed by atoms with Crippen LogP contribution >= 0.6 is 11.6 Å². The zero-order valence-corrected chi connectivity index (χ0v) is 15.0. The highest BCUT2D eigenvalue weighted by Crippen LogP contribution is 2.36. The van der Waals surface area contributed by atoms with Gasteiger partial charge in [0.15, 0.2) is 0 Å². The first-order valence-electron chi connectivity index (χ1n) is 8.78. The van der Waals surface area contributed by atoms with Gasteiger partial charge in [-0.05, 0) is 61.9 Å². The average Bonchev–Trinajstić information content (AvgIpc) is 2.82. The van der Waals surface area contributed by atoms with Crippen LogP contribution in [0.3, 0.4) is 0 Å². The predicted octanol–water partition coefficient (Wildman–Crippen LogP) is 5.15. The van der Waals surface area contributed by atoms with Crippen LogP contribution in [0.1, 0.15) is 43.5 Å². The zero-order chi connectivity index (χ0) is 17.4. The molecule has 2 N–H and O–H groups in total. The Balaban J connectivity index is 1.64. The summed E-state index contributed by atoms with van der Waals surface area (Å²) in [7, 11) is 0. The summed E-state index contributed by atoms with van der Waals surface area (Å²) in [6.07, 6.45) is 11.9. The molecule has 0 radical (unpaired) electrons. The van der Waals surface area contributed by atoms with Crippen LogP contribution in [0.4, 0.5) is 0 Å². The number of amides is 1. The molecule has 1 amide bonds. The molecule has 1 heterocycles. The minimum atomic E-state index is 0.00647. The molecule has 3 nitrogen and oxygen atoms in total. The van der Waals surface area contributed by atoms with Crippen molar-refractivity contribution in [1.82, 2.24) is 10.3 Å². The molecule has 128 valence electrons. The summed E-state index contributed by atoms with van der Waals surface area (Å²) >= 11 is 6.17. The monoisotopic (exact) mass is 352 g/mol. The number of hydrogen-bond acceptors (Lipinski definition) is 1. The van der Waals surface area contributed by atoms with Gasteiger partial charge in [-0.15, -0.1) is 0 Å². The summed E-state index contributed by atoms with van der Waals surface area (Å²) in [6.45, 7) is 1.98. The number of H-pyrrole nitrogens is 1. The van der Waals surface area contributed by atoms with Crippen LogP contribution in [0.15, 0.2) is 53.6 Å². The third-order valence-corrected chi connectivity index (χ3v) is 5.32. The van der Waals surface area contributed by atoms with Crippen LogP contribution in [0.25, 0.3) is 10.9 Å². The van der Waals surface area contributed by atoms with E-state index in [1.54, 1.807) is 0 Å². The van der Waals surface area contributed by atoms with Gasteiger partial charge in [0.2, 0.25) is 0 Å². The highest BCUT2D eigenvalue weighted by Gasteiger charge is 2.26. The molecule has 1 unspecified atom stereocenters. The first kappa shape index (κ1) is 16.2. The first-order chi connectivity index (χ1) is 12.1. The van der Waals surface area contributed by atoms with E-state index in [0.717, 1.165) is 53.1 Å². The molecule has 25 heavy (non-hydrogen) atoms. The second kappa shape index (κ2) is 6.57. The van der Waals surface area contributed by atoms with Crippen LogP contribution in [0.2, 0.25) is 5.02 Å². The van der Waals surface area contributed by atoms with Gasteiger partial charge < -0.3 is 10.3 Å². The second-order valence-electron chi connectivity index (χ2n) is 6.76. The van der Waals surface area contributed by atoms with Crippen molar-refractivity contribution in [2.45, 2.75) is 38.6 Å². The summed E-state index contributed by atoms with van der Waals surface area (Å²) in [5.74, 6) is 0.00647. The molecule has 2 aromatic rings. The van der Waals surface area contributed by atoms with Gasteiger partial charge in [-0.2, -0.15) is 0 Å². The third-order valence-electron chi connectivity index (χ3n) is 5.08. The molecular weight excluding hydrogens is 332 g/mol. The van der Waals surface area contributed by atoms with E-state index in [9.17, 15) is 4.79 Å². The molecule has 0 saturated heterocycles. The standard InChI is InChI=1S/C21H21ClN2O/c1-13-6-3-2-4-7-15(13)21(25)24-19-9-5-8-16-17-12-14(22)10-11-18(17)23-20(16)19/h2-3,6-7,10-12,19,23H,4-5,8-9H2,1H3,(H,24,25). The van der Waals surface area contributed by atoms with E-state index < -0.39 is 0 Å². The summed E-state index contributed by atoms with van der Waals surface area (Å²) in [6, 6.07) is 5.95. The van der Waals surface area contributed by atoms with Gasteiger partial charge in [0, 0.05) is 27.2 Å². The van der Waals surface area contributed by atoms with E-state index in [4.69, 9.17) is 11.6 Å². The maximum Gasteiger partial charge on any atom is 0.251 e. The number of aromatic nitrogens is 1. The van der Waals surface area contributed by atoms with Gasteiger partial charge in [0.25, 0.3) is 5.91 Å². The van der Waals surface area contributed by atoms with Crippen LogP contribution in [0.5, 0.6) is 0 Å². The molecule has 1 aromatic heterocycles. The van der Waals surface area contributed by atoms with Crippen LogP contribution in [-0.2, 0) is 11.2 Å². The number of allylic oxidation sites excluding steroid dienone is 4. The quantitative estimate of drug-likeness (QED) is 0.771. The lowest BCUT2D eigenvalue weighted by Gasteiger charge is -2.24. The van der Waals surface area contributed by atoms with Gasteiger partial charge >= 0.3 is 0 Å². The Hall–Kier alpha value is -2.26. The number of halogens is 1. The second-order valence-corrected chi connectivity index (χ2v) is 7.19. The molecule has 4 rings (SSSR count). The third kappa shape index (κ3) is 3.05. The van der Waals surface area contributed by atoms with Crippen LogP contribution < -0.4 is 5.32 Å². The van der Waals surface area contributed by atoms with E-state index in [1.165, 1.54) is 10.9 Å². The molecule has 2 aliphatic rings. The van der Waals surface area contributed by atoms with Gasteiger partial charge in [-0.1, -0.05) is 35.9 Å². The zero-order valence-electron chi connectivity index (χ0n) is 14.2. The van der Waals surface area contributed by atoms with Crippen molar-refractivity contribution in [3.8, 4) is 0 Å². The fourth-order valence-electron chi connectivity index (χ4n) is 3.81. The van der Waals surface area contributed by atoms with E-state index in [0.29, 0.717) is 0 Å². The molecule has 1 atom stereocenters. The van der Waals surface area contributed by atoms with Gasteiger partial charge in [-0.3, -0.25) is 4.79 Å². The number of carbonyl (C=O) groups excluding carboxylic acids is 1. The van der Waals surface area contributed by atoms with Gasteiger partial charge in [-0.25, -0.2) is 0 Å². The van der Waals surface area contributed by atoms with Crippen molar-refractivity contribution in [2.75, 3.05) is 0 Å². The highest BCUT2D eigenvalue weighted by molar-refractivity contribution is 6.31. The number of fused-ring (bicyclic) bond motifs is 3. The molecule has 0 aliphatic heterocycles. The minimum Gasteiger partial charge on any atom is -0.356 e. The van der Waals surface area contributed by atoms with Crippen molar-refractivity contribution in [2.24, 2.45) is 0 Å². The molecule has 1 aromatic carbocycles. The van der Waals surface area contributed by atoms with E-state index in [1.807, 2.05) is 43.4 Å². The van der Waals surface area contributed by atoms with Crippen LogP contribution in [0, 0.1) is 0 Å². The molecular formula is C21H21ClN2O. The summed E-state index contributed by atoms with van der Waals surface area (Å²) in [5, 5.41) is 5.16. The number of aromatic amines is 1. The number of rotatable bonds is 2.